The van der Waals surface area contributed by atoms with Gasteiger partial charge in [-0.15, -0.1) is 0 Å². The maximum absolute atomic E-state index is 12.9. The van der Waals surface area contributed by atoms with Crippen molar-refractivity contribution in [3.8, 4) is 11.5 Å². The topological polar surface area (TPSA) is 85.5 Å². The maximum atomic E-state index is 12.9. The van der Waals surface area contributed by atoms with Crippen LogP contribution in [0.25, 0.3) is 0 Å². The van der Waals surface area contributed by atoms with E-state index >= 15 is 0 Å². The van der Waals surface area contributed by atoms with Gasteiger partial charge in [-0.2, -0.15) is 0 Å². The van der Waals surface area contributed by atoms with Crippen LogP contribution in [0.3, 0.4) is 0 Å². The number of rotatable bonds is 4. The number of nitrogens with zero attached hydrogens (tertiary/aromatic N) is 2. The standard InChI is InChI=1S/C18H19N3O3/c19-17(22)13-5-4-10-21(12-13)18(23)15-7-1-2-8-16(15)24-14-6-3-9-20-11-14/h1-3,6-9,11,13H,4-5,10,12H2,(H2,19,22). The first-order valence-corrected chi connectivity index (χ1v) is 7.90. The number of amides is 2. The zero-order chi connectivity index (χ0) is 16.9. The molecule has 0 radical (unpaired) electrons. The smallest absolute Gasteiger partial charge is 0.257 e. The molecular weight excluding hydrogens is 306 g/mol. The number of aromatic nitrogens is 1. The van der Waals surface area contributed by atoms with Crippen LogP contribution in [0.5, 0.6) is 11.5 Å². The number of benzene rings is 1. The molecule has 2 amide bonds. The first-order valence-electron chi connectivity index (χ1n) is 7.90. The van der Waals surface area contributed by atoms with Crippen molar-refractivity contribution >= 4 is 11.8 Å². The lowest BCUT2D eigenvalue weighted by atomic mass is 9.97. The highest BCUT2D eigenvalue weighted by Gasteiger charge is 2.28. The van der Waals surface area contributed by atoms with Crippen LogP contribution in [0, 0.1) is 5.92 Å². The summed E-state index contributed by atoms with van der Waals surface area (Å²) in [5.74, 6) is 0.241. The monoisotopic (exact) mass is 325 g/mol. The third-order valence-corrected chi connectivity index (χ3v) is 4.09. The maximum Gasteiger partial charge on any atom is 0.257 e. The van der Waals surface area contributed by atoms with Crippen molar-refractivity contribution < 1.29 is 14.3 Å². The number of carbonyl (C=O) groups is 2. The lowest BCUT2D eigenvalue weighted by Gasteiger charge is -2.31. The molecule has 6 nitrogen and oxygen atoms in total. The fourth-order valence-corrected chi connectivity index (χ4v) is 2.83. The average molecular weight is 325 g/mol. The molecule has 0 spiro atoms. The summed E-state index contributed by atoms with van der Waals surface area (Å²) in [5, 5.41) is 0. The summed E-state index contributed by atoms with van der Waals surface area (Å²) in [4.78, 5) is 30.0. The molecule has 3 rings (SSSR count). The number of primary amides is 1. The number of nitrogens with two attached hydrogens (primary N) is 1. The van der Waals surface area contributed by atoms with Gasteiger partial charge < -0.3 is 15.4 Å². The van der Waals surface area contributed by atoms with E-state index in [0.29, 0.717) is 30.2 Å². The molecule has 0 bridgehead atoms. The van der Waals surface area contributed by atoms with Gasteiger partial charge in [-0.1, -0.05) is 12.1 Å². The lowest BCUT2D eigenvalue weighted by Crippen LogP contribution is -2.44. The molecule has 2 aromatic rings. The van der Waals surface area contributed by atoms with E-state index in [2.05, 4.69) is 4.98 Å². The number of para-hydroxylation sites is 1. The molecule has 1 atom stereocenters. The molecule has 1 aromatic heterocycles. The Hall–Kier alpha value is -2.89. The van der Waals surface area contributed by atoms with Crippen LogP contribution in [0.4, 0.5) is 0 Å². The second kappa shape index (κ2) is 7.12. The minimum absolute atomic E-state index is 0.152. The number of pyridine rings is 1. The van der Waals surface area contributed by atoms with Crippen LogP contribution in [-0.2, 0) is 4.79 Å². The predicted molar refractivity (Wildman–Crippen MR) is 88.6 cm³/mol. The Morgan fingerprint density at radius 2 is 2.04 bits per heavy atom. The van der Waals surface area contributed by atoms with Crippen LogP contribution in [0.1, 0.15) is 23.2 Å². The SMILES string of the molecule is NC(=O)C1CCCN(C(=O)c2ccccc2Oc2cccnc2)C1. The molecule has 1 aliphatic heterocycles. The first-order chi connectivity index (χ1) is 11.6. The highest BCUT2D eigenvalue weighted by Crippen LogP contribution is 2.27. The van der Waals surface area contributed by atoms with Gasteiger partial charge in [0.2, 0.25) is 5.91 Å². The van der Waals surface area contributed by atoms with Gasteiger partial charge >= 0.3 is 0 Å². The van der Waals surface area contributed by atoms with Crippen molar-refractivity contribution in [1.29, 1.82) is 0 Å². The van der Waals surface area contributed by atoms with Crippen molar-refractivity contribution in [3.05, 3.63) is 54.4 Å². The summed E-state index contributed by atoms with van der Waals surface area (Å²) in [6.07, 6.45) is 4.74. The number of piperidine rings is 1. The molecule has 1 aliphatic rings. The molecule has 2 N–H and O–H groups in total. The van der Waals surface area contributed by atoms with Crippen molar-refractivity contribution in [2.75, 3.05) is 13.1 Å². The molecule has 0 aliphatic carbocycles. The van der Waals surface area contributed by atoms with E-state index in [1.807, 2.05) is 6.07 Å². The van der Waals surface area contributed by atoms with Crippen LogP contribution < -0.4 is 10.5 Å². The van der Waals surface area contributed by atoms with Gasteiger partial charge in [0.1, 0.15) is 11.5 Å². The van der Waals surface area contributed by atoms with Crippen LogP contribution >= 0.6 is 0 Å². The van der Waals surface area contributed by atoms with Gasteiger partial charge in [-0.3, -0.25) is 14.6 Å². The number of carbonyl (C=O) groups excluding carboxylic acids is 2. The normalized spacial score (nSPS) is 17.3. The fourth-order valence-electron chi connectivity index (χ4n) is 2.83. The molecule has 1 unspecified atom stereocenters. The molecule has 6 heteroatoms. The van der Waals surface area contributed by atoms with Crippen molar-refractivity contribution in [2.45, 2.75) is 12.8 Å². The van der Waals surface area contributed by atoms with Crippen LogP contribution in [-0.4, -0.2) is 34.8 Å². The second-order valence-corrected chi connectivity index (χ2v) is 5.78. The molecule has 0 saturated carbocycles. The van der Waals surface area contributed by atoms with Crippen molar-refractivity contribution in [2.24, 2.45) is 11.7 Å². The van der Waals surface area contributed by atoms with Gasteiger partial charge in [-0.05, 0) is 37.1 Å². The number of hydrogen-bond donors (Lipinski definition) is 1. The molecular formula is C18H19N3O3. The third-order valence-electron chi connectivity index (χ3n) is 4.09. The Labute approximate surface area is 140 Å². The van der Waals surface area contributed by atoms with Crippen molar-refractivity contribution in [1.82, 2.24) is 9.88 Å². The van der Waals surface area contributed by atoms with Crippen LogP contribution in [0.15, 0.2) is 48.8 Å². The van der Waals surface area contributed by atoms with E-state index < -0.39 is 0 Å². The van der Waals surface area contributed by atoms with Gasteiger partial charge in [0.25, 0.3) is 5.91 Å². The number of hydrogen-bond acceptors (Lipinski definition) is 4. The summed E-state index contributed by atoms with van der Waals surface area (Å²) in [7, 11) is 0. The Morgan fingerprint density at radius 3 is 2.79 bits per heavy atom. The summed E-state index contributed by atoms with van der Waals surface area (Å²) in [5.41, 5.74) is 5.86. The summed E-state index contributed by atoms with van der Waals surface area (Å²) in [6.45, 7) is 0.971. The third kappa shape index (κ3) is 3.53. The molecule has 124 valence electrons. The second-order valence-electron chi connectivity index (χ2n) is 5.78. The average Bonchev–Trinajstić information content (AvgIpc) is 2.62. The van der Waals surface area contributed by atoms with Gasteiger partial charge in [0.05, 0.1) is 17.7 Å². The van der Waals surface area contributed by atoms with E-state index in [9.17, 15) is 9.59 Å². The van der Waals surface area contributed by atoms with E-state index in [-0.39, 0.29) is 17.7 Å². The summed E-state index contributed by atoms with van der Waals surface area (Å²) in [6, 6.07) is 10.6. The summed E-state index contributed by atoms with van der Waals surface area (Å²) < 4.78 is 5.79. The largest absolute Gasteiger partial charge is 0.455 e. The fraction of sp³-hybridized carbons (Fsp3) is 0.278. The van der Waals surface area contributed by atoms with Gasteiger partial charge in [-0.25, -0.2) is 0 Å². The molecule has 1 aromatic carbocycles. The first kappa shape index (κ1) is 16.0. The van der Waals surface area contributed by atoms with E-state index in [1.165, 1.54) is 0 Å². The van der Waals surface area contributed by atoms with Crippen LogP contribution in [0.2, 0.25) is 0 Å². The van der Waals surface area contributed by atoms with Gasteiger partial charge in [0.15, 0.2) is 0 Å². The number of likely N-dealkylation sites (tertiary alicyclic amines) is 1. The molecule has 2 heterocycles. The Morgan fingerprint density at radius 1 is 1.21 bits per heavy atom. The molecule has 1 saturated heterocycles. The highest BCUT2D eigenvalue weighted by molar-refractivity contribution is 5.97. The zero-order valence-electron chi connectivity index (χ0n) is 13.2. The Balaban J connectivity index is 1.81. The van der Waals surface area contributed by atoms with E-state index in [4.69, 9.17) is 10.5 Å². The molecule has 1 fully saturated rings. The lowest BCUT2D eigenvalue weighted by molar-refractivity contribution is -0.123. The number of ether oxygens (including phenoxy) is 1. The minimum atomic E-state index is -0.354. The van der Waals surface area contributed by atoms with Crippen molar-refractivity contribution in [3.63, 3.8) is 0 Å². The Kier molecular flexibility index (Phi) is 4.74. The predicted octanol–water partition coefficient (Wildman–Crippen LogP) is 2.21. The van der Waals surface area contributed by atoms with E-state index in [1.54, 1.807) is 47.6 Å². The Bertz CT molecular complexity index is 733. The quantitative estimate of drug-likeness (QED) is 0.934. The van der Waals surface area contributed by atoms with Gasteiger partial charge in [0, 0.05) is 19.3 Å². The highest BCUT2D eigenvalue weighted by atomic mass is 16.5. The summed E-state index contributed by atoms with van der Waals surface area (Å²) >= 11 is 0. The molecule has 24 heavy (non-hydrogen) atoms. The van der Waals surface area contributed by atoms with E-state index in [0.717, 1.165) is 12.8 Å². The zero-order valence-corrected chi connectivity index (χ0v) is 13.2. The minimum Gasteiger partial charge on any atom is -0.455 e.